The van der Waals surface area contributed by atoms with Gasteiger partial charge in [0.25, 0.3) is 5.91 Å². The number of rotatable bonds is 0. The summed E-state index contributed by atoms with van der Waals surface area (Å²) in [6.45, 7) is 3.59. The van der Waals surface area contributed by atoms with Gasteiger partial charge in [0.05, 0.1) is 5.69 Å². The number of fused-ring (bicyclic) bond motifs is 1. The molecule has 0 aliphatic carbocycles. The molecular formula is C11H13NO3. The van der Waals surface area contributed by atoms with Gasteiger partial charge in [0, 0.05) is 0 Å². The van der Waals surface area contributed by atoms with E-state index in [0.717, 1.165) is 5.56 Å². The van der Waals surface area contributed by atoms with Gasteiger partial charge in [0.1, 0.15) is 11.9 Å². The summed E-state index contributed by atoms with van der Waals surface area (Å²) in [5, 5.41) is 12.2. The van der Waals surface area contributed by atoms with Crippen molar-refractivity contribution in [2.45, 2.75) is 26.1 Å². The van der Waals surface area contributed by atoms with Crippen molar-refractivity contribution in [2.24, 2.45) is 0 Å². The van der Waals surface area contributed by atoms with E-state index in [1.54, 1.807) is 13.0 Å². The highest BCUT2D eigenvalue weighted by molar-refractivity contribution is 5.96. The van der Waals surface area contributed by atoms with E-state index in [0.29, 0.717) is 11.4 Å². The van der Waals surface area contributed by atoms with E-state index in [9.17, 15) is 9.90 Å². The molecule has 1 aromatic carbocycles. The zero-order valence-electron chi connectivity index (χ0n) is 8.65. The second-order valence-electron chi connectivity index (χ2n) is 3.76. The summed E-state index contributed by atoms with van der Waals surface area (Å²) in [5.74, 6) is 0.171. The molecule has 0 spiro atoms. The number of carbonyl (C=O) groups excluding carboxylic acids is 1. The van der Waals surface area contributed by atoms with E-state index in [4.69, 9.17) is 4.74 Å². The van der Waals surface area contributed by atoms with Crippen LogP contribution < -0.4 is 10.1 Å². The number of anilines is 1. The summed E-state index contributed by atoms with van der Waals surface area (Å²) >= 11 is 0. The third-order valence-corrected chi connectivity index (χ3v) is 2.42. The third-order valence-electron chi connectivity index (χ3n) is 2.42. The molecule has 2 atom stereocenters. The second-order valence-corrected chi connectivity index (χ2v) is 3.76. The van der Waals surface area contributed by atoms with E-state index in [1.165, 1.54) is 0 Å². The molecule has 2 rings (SSSR count). The summed E-state index contributed by atoms with van der Waals surface area (Å²) in [5.41, 5.74) is 1.64. The minimum Gasteiger partial charge on any atom is -0.485 e. The number of hydrogen-bond donors (Lipinski definition) is 2. The van der Waals surface area contributed by atoms with Crippen LogP contribution in [-0.2, 0) is 4.79 Å². The minimum atomic E-state index is -1.13. The molecule has 1 amide bonds. The lowest BCUT2D eigenvalue weighted by atomic mass is 10.2. The largest absolute Gasteiger partial charge is 0.485 e. The van der Waals surface area contributed by atoms with Crippen LogP contribution in [0.25, 0.3) is 0 Å². The quantitative estimate of drug-likeness (QED) is 0.669. The number of aryl methyl sites for hydroxylation is 1. The molecule has 0 bridgehead atoms. The van der Waals surface area contributed by atoms with Gasteiger partial charge in [-0.15, -0.1) is 0 Å². The Morgan fingerprint density at radius 3 is 2.93 bits per heavy atom. The lowest BCUT2D eigenvalue weighted by Gasteiger charge is -2.14. The van der Waals surface area contributed by atoms with Crippen molar-refractivity contribution < 1.29 is 14.6 Å². The minimum absolute atomic E-state index is 0.424. The van der Waals surface area contributed by atoms with Crippen LogP contribution in [0, 0.1) is 6.92 Å². The van der Waals surface area contributed by atoms with Gasteiger partial charge in [-0.2, -0.15) is 0 Å². The van der Waals surface area contributed by atoms with Gasteiger partial charge in [-0.25, -0.2) is 0 Å². The number of benzene rings is 1. The van der Waals surface area contributed by atoms with Crippen LogP contribution in [0.15, 0.2) is 18.2 Å². The lowest BCUT2D eigenvalue weighted by Crippen LogP contribution is -2.37. The Morgan fingerprint density at radius 1 is 1.47 bits per heavy atom. The summed E-state index contributed by atoms with van der Waals surface area (Å²) in [6, 6.07) is 5.51. The van der Waals surface area contributed by atoms with Crippen LogP contribution >= 0.6 is 0 Å². The van der Waals surface area contributed by atoms with Crippen molar-refractivity contribution in [3.8, 4) is 5.75 Å². The lowest BCUT2D eigenvalue weighted by molar-refractivity contribution is -0.127. The molecule has 1 heterocycles. The SMILES string of the molecule is Cc1ccc2c(c1)NC(=O)[C@H](O)[C@H](C)O2. The van der Waals surface area contributed by atoms with Crippen molar-refractivity contribution in [1.82, 2.24) is 0 Å². The first-order valence-electron chi connectivity index (χ1n) is 4.84. The van der Waals surface area contributed by atoms with E-state index in [1.807, 2.05) is 19.1 Å². The number of amides is 1. The smallest absolute Gasteiger partial charge is 0.257 e. The highest BCUT2D eigenvalue weighted by Crippen LogP contribution is 2.29. The number of hydrogen-bond acceptors (Lipinski definition) is 3. The standard InChI is InChI=1S/C11H13NO3/c1-6-3-4-9-8(5-6)12-11(14)10(13)7(2)15-9/h3-5,7,10,13H,1-2H3,(H,12,14)/t7-,10+/m0/s1. The molecule has 1 aliphatic rings. The van der Waals surface area contributed by atoms with Gasteiger partial charge in [-0.1, -0.05) is 6.07 Å². The van der Waals surface area contributed by atoms with Crippen LogP contribution in [0.3, 0.4) is 0 Å². The molecule has 0 unspecified atom stereocenters. The van der Waals surface area contributed by atoms with Crippen molar-refractivity contribution in [3.63, 3.8) is 0 Å². The molecule has 4 heteroatoms. The molecule has 1 aliphatic heterocycles. The first-order chi connectivity index (χ1) is 7.08. The number of carbonyl (C=O) groups is 1. The van der Waals surface area contributed by atoms with Crippen molar-refractivity contribution in [3.05, 3.63) is 23.8 Å². The Kier molecular flexibility index (Phi) is 2.36. The van der Waals surface area contributed by atoms with Gasteiger partial charge in [0.2, 0.25) is 0 Å². The number of aliphatic hydroxyl groups is 1. The normalized spacial score (nSPS) is 24.9. The summed E-state index contributed by atoms with van der Waals surface area (Å²) in [4.78, 5) is 11.5. The molecule has 80 valence electrons. The zero-order valence-corrected chi connectivity index (χ0v) is 8.65. The summed E-state index contributed by atoms with van der Waals surface area (Å²) in [7, 11) is 0. The second kappa shape index (κ2) is 3.55. The van der Waals surface area contributed by atoms with Crippen LogP contribution in [0.4, 0.5) is 5.69 Å². The maximum atomic E-state index is 11.5. The van der Waals surface area contributed by atoms with Gasteiger partial charge in [-0.3, -0.25) is 4.79 Å². The van der Waals surface area contributed by atoms with Gasteiger partial charge < -0.3 is 15.2 Å². The molecule has 0 saturated heterocycles. The average molecular weight is 207 g/mol. The zero-order chi connectivity index (χ0) is 11.0. The number of aliphatic hydroxyl groups excluding tert-OH is 1. The van der Waals surface area contributed by atoms with Crippen molar-refractivity contribution in [1.29, 1.82) is 0 Å². The molecule has 15 heavy (non-hydrogen) atoms. The first-order valence-corrected chi connectivity index (χ1v) is 4.84. The molecule has 0 aromatic heterocycles. The predicted octanol–water partition coefficient (Wildman–Crippen LogP) is 1.08. The molecule has 2 N–H and O–H groups in total. The number of nitrogens with one attached hydrogen (secondary N) is 1. The summed E-state index contributed by atoms with van der Waals surface area (Å²) < 4.78 is 5.46. The monoisotopic (exact) mass is 207 g/mol. The Balaban J connectivity index is 2.42. The third kappa shape index (κ3) is 1.80. The maximum Gasteiger partial charge on any atom is 0.257 e. The molecule has 0 radical (unpaired) electrons. The number of ether oxygens (including phenoxy) is 1. The molecular weight excluding hydrogens is 194 g/mol. The van der Waals surface area contributed by atoms with Crippen molar-refractivity contribution in [2.75, 3.05) is 5.32 Å². The average Bonchev–Trinajstić information content (AvgIpc) is 2.29. The summed E-state index contributed by atoms with van der Waals surface area (Å²) in [6.07, 6.45) is -1.66. The predicted molar refractivity (Wildman–Crippen MR) is 55.9 cm³/mol. The molecule has 0 saturated carbocycles. The fourth-order valence-corrected chi connectivity index (χ4v) is 1.53. The Labute approximate surface area is 87.9 Å². The molecule has 0 fully saturated rings. The Morgan fingerprint density at radius 2 is 2.20 bits per heavy atom. The van der Waals surface area contributed by atoms with Gasteiger partial charge >= 0.3 is 0 Å². The van der Waals surface area contributed by atoms with E-state index in [-0.39, 0.29) is 0 Å². The first kappa shape index (κ1) is 9.98. The highest BCUT2D eigenvalue weighted by Gasteiger charge is 2.28. The maximum absolute atomic E-state index is 11.5. The topological polar surface area (TPSA) is 58.6 Å². The Hall–Kier alpha value is -1.55. The van der Waals surface area contributed by atoms with E-state index in [2.05, 4.69) is 5.32 Å². The van der Waals surface area contributed by atoms with Gasteiger partial charge in [0.15, 0.2) is 6.10 Å². The van der Waals surface area contributed by atoms with E-state index >= 15 is 0 Å². The van der Waals surface area contributed by atoms with Crippen LogP contribution in [0.5, 0.6) is 5.75 Å². The van der Waals surface area contributed by atoms with Crippen LogP contribution in [0.2, 0.25) is 0 Å². The van der Waals surface area contributed by atoms with E-state index < -0.39 is 18.1 Å². The fourth-order valence-electron chi connectivity index (χ4n) is 1.53. The van der Waals surface area contributed by atoms with Crippen molar-refractivity contribution >= 4 is 11.6 Å². The van der Waals surface area contributed by atoms with Gasteiger partial charge in [-0.05, 0) is 31.5 Å². The fraction of sp³-hybridized carbons (Fsp3) is 0.364. The molecule has 4 nitrogen and oxygen atoms in total. The highest BCUT2D eigenvalue weighted by atomic mass is 16.5. The van der Waals surface area contributed by atoms with Crippen LogP contribution in [0.1, 0.15) is 12.5 Å². The molecule has 1 aromatic rings. The Bertz CT molecular complexity index is 403. The van der Waals surface area contributed by atoms with Crippen LogP contribution in [-0.4, -0.2) is 23.2 Å².